The maximum atomic E-state index is 9.44. The van der Waals surface area contributed by atoms with Gasteiger partial charge >= 0.3 is 0 Å². The maximum absolute atomic E-state index is 9.44. The van der Waals surface area contributed by atoms with E-state index >= 15 is 0 Å². The maximum Gasteiger partial charge on any atom is 0.126 e. The highest BCUT2D eigenvalue weighted by Crippen LogP contribution is 1.79. The molecule has 1 aromatic carbocycles. The molecule has 0 bridgehead atoms. The molecule has 0 aliphatic rings. The molecule has 0 aliphatic carbocycles. The van der Waals surface area contributed by atoms with Crippen LogP contribution < -0.4 is 0 Å². The molecule has 1 heteroatoms. The second kappa shape index (κ2) is 81.5. The summed E-state index contributed by atoms with van der Waals surface area (Å²) < 4.78 is 0. The number of hydrogen-bond donors (Lipinski definition) is 0. The molecule has 0 saturated carbocycles. The Morgan fingerprint density at radius 1 is 0.667 bits per heavy atom. The Kier molecular flexibility index (Phi) is 168. The molecule has 0 N–H and O–H groups in total. The molecule has 0 radical (unpaired) electrons. The van der Waals surface area contributed by atoms with Crippen molar-refractivity contribution in [3.05, 3.63) is 48.6 Å². The van der Waals surface area contributed by atoms with Gasteiger partial charge in [0.15, 0.2) is 0 Å². The van der Waals surface area contributed by atoms with Crippen LogP contribution in [0.15, 0.2) is 48.6 Å². The average molecular weight is 345 g/mol. The van der Waals surface area contributed by atoms with E-state index in [2.05, 4.69) is 13.8 Å². The summed E-state index contributed by atoms with van der Waals surface area (Å²) in [6.07, 6.45) is 5.25. The molecule has 0 unspecified atom stereocenters. The lowest BCUT2D eigenvalue weighted by molar-refractivity contribution is -0.114. The zero-order chi connectivity index (χ0) is 17.9. The smallest absolute Gasteiger partial charge is 0.126 e. The molecule has 0 fully saturated rings. The van der Waals surface area contributed by atoms with E-state index in [0.29, 0.717) is 0 Å². The average Bonchev–Trinajstić information content (AvgIpc) is 2.53. The number of rotatable bonds is 0. The minimum absolute atomic E-state index is 0. The third-order valence-electron chi connectivity index (χ3n) is 1.00. The molecule has 0 aromatic heterocycles. The Bertz CT molecular complexity index is 203. The van der Waals surface area contributed by atoms with Crippen molar-refractivity contribution < 1.29 is 4.79 Å². The van der Waals surface area contributed by atoms with Crippen LogP contribution in [0.2, 0.25) is 0 Å². The fraction of sp³-hybridized carbons (Fsp3) is 0.609. The fourth-order valence-corrected chi connectivity index (χ4v) is 0.385. The summed E-state index contributed by atoms with van der Waals surface area (Å²) in [6.45, 7) is 19.3. The van der Waals surface area contributed by atoms with Crippen molar-refractivity contribution in [2.75, 3.05) is 0 Å². The van der Waals surface area contributed by atoms with Crippen molar-refractivity contribution in [1.29, 1.82) is 0 Å². The summed E-state index contributed by atoms with van der Waals surface area (Å²) in [7, 11) is 0. The molecule has 0 atom stereocenters. The van der Waals surface area contributed by atoms with Gasteiger partial charge in [-0.15, -0.1) is 0 Å². The SMILES string of the molecule is C.C.C.C/C=C\C.CC.CC.CC(C)=O.CCC.c1ccccc1. The quantitative estimate of drug-likeness (QED) is 0.428. The Labute approximate surface area is 157 Å². The monoisotopic (exact) mass is 344 g/mol. The molecule has 1 rings (SSSR count). The largest absolute Gasteiger partial charge is 0.300 e. The molecule has 0 amide bonds. The van der Waals surface area contributed by atoms with Gasteiger partial charge in [0.1, 0.15) is 5.78 Å². The van der Waals surface area contributed by atoms with Crippen molar-refractivity contribution >= 4 is 5.78 Å². The van der Waals surface area contributed by atoms with Crippen molar-refractivity contribution in [2.24, 2.45) is 0 Å². The van der Waals surface area contributed by atoms with Crippen LogP contribution in [0, 0.1) is 0 Å². The van der Waals surface area contributed by atoms with Crippen LogP contribution in [-0.4, -0.2) is 5.78 Å². The Morgan fingerprint density at radius 2 is 0.750 bits per heavy atom. The van der Waals surface area contributed by atoms with Crippen LogP contribution in [0.1, 0.15) is 97.9 Å². The van der Waals surface area contributed by atoms with E-state index in [9.17, 15) is 4.79 Å². The van der Waals surface area contributed by atoms with Gasteiger partial charge < -0.3 is 4.79 Å². The van der Waals surface area contributed by atoms with Crippen LogP contribution in [-0.2, 0) is 4.79 Å². The molecule has 150 valence electrons. The van der Waals surface area contributed by atoms with Gasteiger partial charge in [0, 0.05) is 0 Å². The van der Waals surface area contributed by atoms with Gasteiger partial charge in [-0.2, -0.15) is 0 Å². The number of ketones is 1. The summed E-state index contributed by atoms with van der Waals surface area (Å²) in [4.78, 5) is 9.44. The molecule has 0 saturated heterocycles. The van der Waals surface area contributed by atoms with E-state index in [4.69, 9.17) is 0 Å². The normalized spacial score (nSPS) is 5.92. The molecule has 1 nitrogen and oxygen atoms in total. The Balaban J connectivity index is -0.0000000219. The van der Waals surface area contributed by atoms with Crippen LogP contribution >= 0.6 is 0 Å². The van der Waals surface area contributed by atoms with Crippen molar-refractivity contribution in [3.8, 4) is 0 Å². The van der Waals surface area contributed by atoms with Crippen LogP contribution in [0.4, 0.5) is 0 Å². The first-order valence-corrected chi connectivity index (χ1v) is 8.11. The zero-order valence-electron chi connectivity index (χ0n) is 16.2. The summed E-state index contributed by atoms with van der Waals surface area (Å²) in [5.74, 6) is 0.167. The third-order valence-corrected chi connectivity index (χ3v) is 1.00. The molecule has 0 heterocycles. The minimum atomic E-state index is 0. The van der Waals surface area contributed by atoms with Gasteiger partial charge in [0.2, 0.25) is 0 Å². The standard InChI is InChI=1S/C6H6.C4H8.C3H6O.C3H8.2C2H6.3CH4/c1-2-4-6-5-3-1;1-3-4-2;1-3(2)4;1-3-2;2*1-2;;;/h1-6H;3-4H,1-2H3;1-2H3;3H2,1-2H3;2*1-2H3;3*1H4/b;4-3-;;;;;;;. The lowest BCUT2D eigenvalue weighted by Crippen LogP contribution is -1.69. The molecule has 1 aromatic rings. The first kappa shape index (κ1) is 49.5. The highest BCUT2D eigenvalue weighted by atomic mass is 16.1. The highest BCUT2D eigenvalue weighted by molar-refractivity contribution is 5.72. The minimum Gasteiger partial charge on any atom is -0.300 e. The number of benzene rings is 1. The second-order valence-electron chi connectivity index (χ2n) is 3.44. The zero-order valence-corrected chi connectivity index (χ0v) is 16.2. The first-order chi connectivity index (χ1) is 10.1. The van der Waals surface area contributed by atoms with Crippen molar-refractivity contribution in [2.45, 2.75) is 97.9 Å². The molecule has 0 spiro atoms. The lowest BCUT2D eigenvalue weighted by Gasteiger charge is -1.69. The van der Waals surface area contributed by atoms with Gasteiger partial charge in [0.25, 0.3) is 0 Å². The van der Waals surface area contributed by atoms with E-state index in [1.807, 2.05) is 90.1 Å². The molecular weight excluding hydrogens is 292 g/mol. The summed E-state index contributed by atoms with van der Waals surface area (Å²) in [6, 6.07) is 12.0. The first-order valence-electron chi connectivity index (χ1n) is 8.11. The van der Waals surface area contributed by atoms with Crippen LogP contribution in [0.3, 0.4) is 0 Å². The number of carbonyl (C=O) groups excluding carboxylic acids is 1. The van der Waals surface area contributed by atoms with Gasteiger partial charge in [-0.1, -0.05) is 119 Å². The Hall–Kier alpha value is -1.37. The predicted molar refractivity (Wildman–Crippen MR) is 122 cm³/mol. The van der Waals surface area contributed by atoms with Crippen LogP contribution in [0.25, 0.3) is 0 Å². The van der Waals surface area contributed by atoms with Crippen molar-refractivity contribution in [3.63, 3.8) is 0 Å². The van der Waals surface area contributed by atoms with E-state index in [1.54, 1.807) is 0 Å². The molecule has 24 heavy (non-hydrogen) atoms. The number of Topliss-reactive ketones (excluding diaryl/α,β-unsaturated/α-hetero) is 1. The Morgan fingerprint density at radius 3 is 0.792 bits per heavy atom. The van der Waals surface area contributed by atoms with Gasteiger partial charge in [-0.3, -0.25) is 0 Å². The summed E-state index contributed by atoms with van der Waals surface area (Å²) in [5.41, 5.74) is 0. The van der Waals surface area contributed by atoms with Crippen LogP contribution in [0.5, 0.6) is 0 Å². The predicted octanol–water partition coefficient (Wildman–Crippen LogP) is 9.24. The summed E-state index contributed by atoms with van der Waals surface area (Å²) >= 11 is 0. The van der Waals surface area contributed by atoms with Gasteiger partial charge in [-0.05, 0) is 27.7 Å². The fourth-order valence-electron chi connectivity index (χ4n) is 0.385. The number of allylic oxidation sites excluding steroid dienone is 2. The lowest BCUT2D eigenvalue weighted by atomic mass is 10.4. The third kappa shape index (κ3) is 251. The van der Waals surface area contributed by atoms with E-state index in [0.717, 1.165) is 0 Å². The van der Waals surface area contributed by atoms with Gasteiger partial charge in [-0.25, -0.2) is 0 Å². The molecule has 0 aliphatic heterocycles. The molecular formula is C23H52O. The van der Waals surface area contributed by atoms with E-state index < -0.39 is 0 Å². The topological polar surface area (TPSA) is 17.1 Å². The van der Waals surface area contributed by atoms with Crippen molar-refractivity contribution in [1.82, 2.24) is 0 Å². The highest BCUT2D eigenvalue weighted by Gasteiger charge is 1.62. The summed E-state index contributed by atoms with van der Waals surface area (Å²) in [5, 5.41) is 0. The second-order valence-corrected chi connectivity index (χ2v) is 3.44. The number of hydrogen-bond acceptors (Lipinski definition) is 1. The van der Waals surface area contributed by atoms with Gasteiger partial charge in [0.05, 0.1) is 0 Å². The van der Waals surface area contributed by atoms with E-state index in [-0.39, 0.29) is 28.1 Å². The van der Waals surface area contributed by atoms with E-state index in [1.165, 1.54) is 20.3 Å². The number of carbonyl (C=O) groups is 1.